The van der Waals surface area contributed by atoms with E-state index < -0.39 is 30.2 Å². The van der Waals surface area contributed by atoms with Crippen molar-refractivity contribution >= 4 is 46.8 Å². The Morgan fingerprint density at radius 1 is 0.840 bits per heavy atom. The number of nitrogens with zero attached hydrogens (tertiary/aromatic N) is 3. The van der Waals surface area contributed by atoms with Crippen LogP contribution in [0.1, 0.15) is 41.0 Å². The van der Waals surface area contributed by atoms with Gasteiger partial charge in [0.05, 0.1) is 19.5 Å². The molecule has 0 saturated carbocycles. The van der Waals surface area contributed by atoms with Gasteiger partial charge in [0.25, 0.3) is 0 Å². The van der Waals surface area contributed by atoms with Gasteiger partial charge in [0.1, 0.15) is 11.9 Å². The van der Waals surface area contributed by atoms with E-state index in [1.54, 1.807) is 30.3 Å². The average Bonchev–Trinajstić information content (AvgIpc) is 3.22. The highest BCUT2D eigenvalue weighted by Crippen LogP contribution is 2.30. The minimum absolute atomic E-state index is 0.0789. The molecule has 8 nitrogen and oxygen atoms in total. The van der Waals surface area contributed by atoms with Crippen LogP contribution in [0.2, 0.25) is 10.0 Å². The molecule has 1 heterocycles. The monoisotopic (exact) mass is 716 g/mol. The predicted molar refractivity (Wildman–Crippen MR) is 192 cm³/mol. The van der Waals surface area contributed by atoms with Crippen LogP contribution in [-0.2, 0) is 32.0 Å². The second-order valence-corrected chi connectivity index (χ2v) is 13.2. The van der Waals surface area contributed by atoms with Crippen molar-refractivity contribution < 1.29 is 23.6 Å². The molecular weight excluding hydrogens is 678 g/mol. The van der Waals surface area contributed by atoms with E-state index >= 15 is 0 Å². The number of carbonyl (C=O) groups is 4. The molecule has 0 spiro atoms. The van der Waals surface area contributed by atoms with Gasteiger partial charge in [0.15, 0.2) is 0 Å². The number of hydrogen-bond acceptors (Lipinski definition) is 4. The SMILES string of the molecule is NC(=O)CN(CCc1ccc(F)cc1)C(=O)C1CC(=O)N(CCc2ccc(Cl)cc2Cl)CC(=O)N1CCC(c1ccccc1)c1ccccc1. The third-order valence-corrected chi connectivity index (χ3v) is 9.59. The normalized spacial score (nSPS) is 14.9. The summed E-state index contributed by atoms with van der Waals surface area (Å²) in [6.07, 6.45) is 0.894. The molecule has 4 aromatic carbocycles. The van der Waals surface area contributed by atoms with Crippen LogP contribution < -0.4 is 5.73 Å². The molecule has 4 aromatic rings. The number of hydrogen-bond donors (Lipinski definition) is 1. The second kappa shape index (κ2) is 17.3. The first-order chi connectivity index (χ1) is 24.1. The molecule has 1 saturated heterocycles. The van der Waals surface area contributed by atoms with Gasteiger partial charge >= 0.3 is 0 Å². The molecule has 11 heteroatoms. The molecule has 0 aromatic heterocycles. The van der Waals surface area contributed by atoms with E-state index in [0.717, 1.165) is 22.3 Å². The van der Waals surface area contributed by atoms with Crippen molar-refractivity contribution in [2.45, 2.75) is 37.6 Å². The number of benzene rings is 4. The molecule has 1 fully saturated rings. The summed E-state index contributed by atoms with van der Waals surface area (Å²) in [6.45, 7) is -0.165. The van der Waals surface area contributed by atoms with Gasteiger partial charge in [0, 0.05) is 35.6 Å². The fourth-order valence-electron chi connectivity index (χ4n) is 6.35. The lowest BCUT2D eigenvalue weighted by atomic mass is 9.88. The number of primary amides is 1. The Morgan fingerprint density at radius 3 is 2.08 bits per heavy atom. The molecule has 0 bridgehead atoms. The van der Waals surface area contributed by atoms with Crippen LogP contribution in [0.4, 0.5) is 4.39 Å². The molecule has 260 valence electrons. The molecule has 2 N–H and O–H groups in total. The van der Waals surface area contributed by atoms with Crippen LogP contribution in [-0.4, -0.2) is 77.1 Å². The summed E-state index contributed by atoms with van der Waals surface area (Å²) in [5.74, 6) is -2.52. The number of nitrogens with two attached hydrogens (primary N) is 1. The van der Waals surface area contributed by atoms with E-state index in [9.17, 15) is 23.6 Å². The van der Waals surface area contributed by atoms with Crippen molar-refractivity contribution in [1.29, 1.82) is 0 Å². The first-order valence-corrected chi connectivity index (χ1v) is 17.3. The molecule has 5 rings (SSSR count). The van der Waals surface area contributed by atoms with Crippen molar-refractivity contribution in [3.8, 4) is 0 Å². The highest BCUT2D eigenvalue weighted by Gasteiger charge is 2.40. The molecular formula is C39H39Cl2FN4O4. The first kappa shape index (κ1) is 36.5. The number of halogens is 3. The van der Waals surface area contributed by atoms with Gasteiger partial charge in [-0.3, -0.25) is 19.2 Å². The highest BCUT2D eigenvalue weighted by molar-refractivity contribution is 6.35. The largest absolute Gasteiger partial charge is 0.368 e. The summed E-state index contributed by atoms with van der Waals surface area (Å²) in [5, 5.41) is 0.943. The number of rotatable bonds is 14. The van der Waals surface area contributed by atoms with Gasteiger partial charge < -0.3 is 20.4 Å². The average molecular weight is 718 g/mol. The van der Waals surface area contributed by atoms with E-state index in [4.69, 9.17) is 28.9 Å². The fourth-order valence-corrected chi connectivity index (χ4v) is 6.85. The zero-order valence-electron chi connectivity index (χ0n) is 27.5. The van der Waals surface area contributed by atoms with Gasteiger partial charge in [-0.1, -0.05) is 102 Å². The summed E-state index contributed by atoms with van der Waals surface area (Å²) in [4.78, 5) is 58.7. The Labute approximate surface area is 301 Å². The lowest BCUT2D eigenvalue weighted by Gasteiger charge is -2.33. The second-order valence-electron chi connectivity index (χ2n) is 12.4. The molecule has 1 aliphatic rings. The topological polar surface area (TPSA) is 104 Å². The standard InChI is InChI=1S/C39H39Cl2FN4O4/c40-31-14-13-30(34(41)23-31)18-21-44-26-38(49)46(22-19-33(28-7-3-1-4-8-28)29-9-5-2-6-10-29)35(24-37(44)48)39(50)45(25-36(43)47)20-17-27-11-15-32(42)16-12-27/h1-16,23,33,35H,17-22,24-26H2,(H2,43,47). The minimum Gasteiger partial charge on any atom is -0.368 e. The molecule has 50 heavy (non-hydrogen) atoms. The molecule has 4 amide bonds. The van der Waals surface area contributed by atoms with Crippen LogP contribution in [0.3, 0.4) is 0 Å². The molecule has 1 aliphatic heterocycles. The predicted octanol–water partition coefficient (Wildman–Crippen LogP) is 5.88. The van der Waals surface area contributed by atoms with Gasteiger partial charge in [-0.15, -0.1) is 0 Å². The Kier molecular flexibility index (Phi) is 12.6. The summed E-state index contributed by atoms with van der Waals surface area (Å²) in [7, 11) is 0. The van der Waals surface area contributed by atoms with Crippen molar-refractivity contribution in [2.75, 3.05) is 32.7 Å². The Bertz CT molecular complexity index is 1750. The van der Waals surface area contributed by atoms with E-state index in [1.165, 1.54) is 26.8 Å². The highest BCUT2D eigenvalue weighted by atomic mass is 35.5. The van der Waals surface area contributed by atoms with Crippen molar-refractivity contribution in [1.82, 2.24) is 14.7 Å². The van der Waals surface area contributed by atoms with Crippen molar-refractivity contribution in [3.05, 3.63) is 141 Å². The molecule has 0 radical (unpaired) electrons. The Balaban J connectivity index is 1.43. The first-order valence-electron chi connectivity index (χ1n) is 16.5. The van der Waals surface area contributed by atoms with E-state index in [1.807, 2.05) is 60.7 Å². The minimum atomic E-state index is -1.17. The maximum atomic E-state index is 14.4. The van der Waals surface area contributed by atoms with Gasteiger partial charge in [-0.2, -0.15) is 0 Å². The third kappa shape index (κ3) is 9.70. The van der Waals surface area contributed by atoms with Crippen LogP contribution in [0, 0.1) is 5.82 Å². The van der Waals surface area contributed by atoms with Gasteiger partial charge in [0.2, 0.25) is 23.6 Å². The quantitative estimate of drug-likeness (QED) is 0.176. The maximum absolute atomic E-state index is 14.4. The van der Waals surface area contributed by atoms with Gasteiger partial charge in [-0.05, 0) is 65.8 Å². The summed E-state index contributed by atoms with van der Waals surface area (Å²) in [6, 6.07) is 29.6. The van der Waals surface area contributed by atoms with Crippen LogP contribution in [0.5, 0.6) is 0 Å². The maximum Gasteiger partial charge on any atom is 0.246 e. The van der Waals surface area contributed by atoms with E-state index in [-0.39, 0.29) is 50.3 Å². The van der Waals surface area contributed by atoms with Gasteiger partial charge in [-0.25, -0.2) is 4.39 Å². The van der Waals surface area contributed by atoms with Crippen LogP contribution >= 0.6 is 23.2 Å². The van der Waals surface area contributed by atoms with Crippen molar-refractivity contribution in [2.24, 2.45) is 5.73 Å². The Morgan fingerprint density at radius 2 is 1.48 bits per heavy atom. The lowest BCUT2D eigenvalue weighted by molar-refractivity contribution is -0.146. The third-order valence-electron chi connectivity index (χ3n) is 9.00. The summed E-state index contributed by atoms with van der Waals surface area (Å²) >= 11 is 12.5. The zero-order valence-corrected chi connectivity index (χ0v) is 29.0. The number of carbonyl (C=O) groups excluding carboxylic acids is 4. The molecule has 1 atom stereocenters. The number of amides is 4. The summed E-state index contributed by atoms with van der Waals surface area (Å²) in [5.41, 5.74) is 9.20. The van der Waals surface area contributed by atoms with Crippen LogP contribution in [0.25, 0.3) is 0 Å². The Hall–Kier alpha value is -4.73. The molecule has 1 unspecified atom stereocenters. The summed E-state index contributed by atoms with van der Waals surface area (Å²) < 4.78 is 13.5. The lowest BCUT2D eigenvalue weighted by Crippen LogP contribution is -2.53. The zero-order chi connectivity index (χ0) is 35.6. The van der Waals surface area contributed by atoms with E-state index in [0.29, 0.717) is 29.3 Å². The smallest absolute Gasteiger partial charge is 0.246 e. The molecule has 0 aliphatic carbocycles. The fraction of sp³-hybridized carbons (Fsp3) is 0.282. The van der Waals surface area contributed by atoms with Crippen molar-refractivity contribution in [3.63, 3.8) is 0 Å². The van der Waals surface area contributed by atoms with Crippen LogP contribution in [0.15, 0.2) is 103 Å². The van der Waals surface area contributed by atoms with E-state index in [2.05, 4.69) is 0 Å².